The molecule has 1 saturated carbocycles. The first-order valence-electron chi connectivity index (χ1n) is 10.2. The number of nitrogens with zero attached hydrogens (tertiary/aromatic N) is 1. The zero-order valence-electron chi connectivity index (χ0n) is 17.1. The van der Waals surface area contributed by atoms with E-state index in [-0.39, 0.29) is 16.9 Å². The topological polar surface area (TPSA) is 40.5 Å². The van der Waals surface area contributed by atoms with Crippen molar-refractivity contribution in [1.82, 2.24) is 0 Å². The van der Waals surface area contributed by atoms with Crippen LogP contribution in [0.2, 0.25) is 0 Å². The van der Waals surface area contributed by atoms with Crippen LogP contribution in [0.1, 0.15) is 72.3 Å². The molecule has 2 fully saturated rings. The van der Waals surface area contributed by atoms with Gasteiger partial charge in [-0.25, -0.2) is 0 Å². The minimum absolute atomic E-state index is 0.129. The SMILES string of the molecule is CC(C)[C@H](O)[C@H]1CC[C@@]2(CCN(c3ccc(C(C)(C)C)cc3)C2=O)CC1. The molecule has 1 aromatic carbocycles. The number of amides is 1. The third kappa shape index (κ3) is 3.55. The summed E-state index contributed by atoms with van der Waals surface area (Å²) in [5.74, 6) is 0.957. The number of anilines is 1. The van der Waals surface area contributed by atoms with Crippen LogP contribution in [0, 0.1) is 17.3 Å². The van der Waals surface area contributed by atoms with Gasteiger partial charge in [0.25, 0.3) is 0 Å². The number of carbonyl (C=O) groups is 1. The van der Waals surface area contributed by atoms with Gasteiger partial charge in [-0.15, -0.1) is 0 Å². The van der Waals surface area contributed by atoms with Gasteiger partial charge in [0, 0.05) is 12.2 Å². The van der Waals surface area contributed by atoms with Crippen LogP contribution >= 0.6 is 0 Å². The van der Waals surface area contributed by atoms with Gasteiger partial charge in [-0.3, -0.25) is 4.79 Å². The summed E-state index contributed by atoms with van der Waals surface area (Å²) in [7, 11) is 0. The lowest BCUT2D eigenvalue weighted by Gasteiger charge is -2.38. The van der Waals surface area contributed by atoms with Crippen LogP contribution < -0.4 is 4.90 Å². The molecule has 144 valence electrons. The Morgan fingerprint density at radius 2 is 1.65 bits per heavy atom. The number of aliphatic hydroxyl groups is 1. The number of hydrogen-bond acceptors (Lipinski definition) is 2. The van der Waals surface area contributed by atoms with Crippen molar-refractivity contribution in [3.05, 3.63) is 29.8 Å². The minimum Gasteiger partial charge on any atom is -0.393 e. The molecule has 1 N–H and O–H groups in total. The lowest BCUT2D eigenvalue weighted by molar-refractivity contribution is -0.128. The number of hydrogen-bond donors (Lipinski definition) is 1. The van der Waals surface area contributed by atoms with Crippen molar-refractivity contribution in [2.75, 3.05) is 11.4 Å². The molecule has 26 heavy (non-hydrogen) atoms. The van der Waals surface area contributed by atoms with Crippen LogP contribution in [-0.2, 0) is 10.2 Å². The summed E-state index contributed by atoms with van der Waals surface area (Å²) in [4.78, 5) is 15.2. The Hall–Kier alpha value is -1.35. The number of carbonyl (C=O) groups excluding carboxylic acids is 1. The number of benzene rings is 1. The van der Waals surface area contributed by atoms with E-state index in [0.717, 1.165) is 44.3 Å². The average molecular weight is 358 g/mol. The summed E-state index contributed by atoms with van der Waals surface area (Å²) in [6, 6.07) is 8.52. The summed E-state index contributed by atoms with van der Waals surface area (Å²) in [6.45, 7) is 11.6. The molecule has 1 heterocycles. The van der Waals surface area contributed by atoms with Gasteiger partial charge in [0.15, 0.2) is 0 Å². The molecule has 2 aliphatic rings. The summed E-state index contributed by atoms with van der Waals surface area (Å²) in [6.07, 6.45) is 4.53. The predicted molar refractivity (Wildman–Crippen MR) is 107 cm³/mol. The maximum atomic E-state index is 13.2. The normalized spacial score (nSPS) is 28.2. The molecule has 0 unspecified atom stereocenters. The molecule has 1 spiro atoms. The third-order valence-electron chi connectivity index (χ3n) is 6.71. The Morgan fingerprint density at radius 3 is 2.15 bits per heavy atom. The quantitative estimate of drug-likeness (QED) is 0.834. The third-order valence-corrected chi connectivity index (χ3v) is 6.71. The number of rotatable bonds is 3. The van der Waals surface area contributed by atoms with Crippen LogP contribution in [-0.4, -0.2) is 23.7 Å². The largest absolute Gasteiger partial charge is 0.393 e. The fourth-order valence-corrected chi connectivity index (χ4v) is 4.75. The molecule has 1 aliphatic carbocycles. The van der Waals surface area contributed by atoms with Crippen molar-refractivity contribution >= 4 is 11.6 Å². The summed E-state index contributed by atoms with van der Waals surface area (Å²) < 4.78 is 0. The maximum absolute atomic E-state index is 13.2. The first-order chi connectivity index (χ1) is 12.1. The Balaban J connectivity index is 1.69. The van der Waals surface area contributed by atoms with Gasteiger partial charge in [0.2, 0.25) is 5.91 Å². The highest BCUT2D eigenvalue weighted by atomic mass is 16.3. The first-order valence-corrected chi connectivity index (χ1v) is 10.2. The molecule has 1 amide bonds. The molecular formula is C23H35NO2. The fraction of sp³-hybridized carbons (Fsp3) is 0.696. The van der Waals surface area contributed by atoms with E-state index in [0.29, 0.717) is 17.7 Å². The lowest BCUT2D eigenvalue weighted by atomic mass is 9.67. The van der Waals surface area contributed by atoms with Gasteiger partial charge in [-0.1, -0.05) is 46.8 Å². The Kier molecular flexibility index (Phi) is 5.22. The molecular weight excluding hydrogens is 322 g/mol. The van der Waals surface area contributed by atoms with Crippen LogP contribution in [0.4, 0.5) is 5.69 Å². The van der Waals surface area contributed by atoms with Gasteiger partial charge < -0.3 is 10.0 Å². The zero-order chi connectivity index (χ0) is 19.1. The molecule has 0 aromatic heterocycles. The predicted octanol–water partition coefficient (Wildman–Crippen LogP) is 4.91. The van der Waals surface area contributed by atoms with Gasteiger partial charge in [0.05, 0.1) is 11.5 Å². The molecule has 1 atom stereocenters. The van der Waals surface area contributed by atoms with Crippen molar-refractivity contribution in [3.8, 4) is 0 Å². The van der Waals surface area contributed by atoms with Crippen LogP contribution in [0.5, 0.6) is 0 Å². The van der Waals surface area contributed by atoms with E-state index in [4.69, 9.17) is 0 Å². The Morgan fingerprint density at radius 1 is 1.08 bits per heavy atom. The average Bonchev–Trinajstić information content (AvgIpc) is 2.91. The van der Waals surface area contributed by atoms with Crippen LogP contribution in [0.15, 0.2) is 24.3 Å². The first kappa shape index (κ1) is 19.4. The van der Waals surface area contributed by atoms with Crippen LogP contribution in [0.3, 0.4) is 0 Å². The van der Waals surface area contributed by atoms with Crippen molar-refractivity contribution in [2.45, 2.75) is 78.2 Å². The second kappa shape index (κ2) is 6.99. The van der Waals surface area contributed by atoms with Gasteiger partial charge in [0.1, 0.15) is 0 Å². The Bertz CT molecular complexity index is 633. The summed E-state index contributed by atoms with van der Waals surface area (Å²) in [5, 5.41) is 10.4. The minimum atomic E-state index is -0.232. The Labute approximate surface area is 158 Å². The second-order valence-corrected chi connectivity index (χ2v) is 9.86. The highest BCUT2D eigenvalue weighted by molar-refractivity contribution is 6.00. The van der Waals surface area contributed by atoms with Gasteiger partial charge in [-0.2, -0.15) is 0 Å². The maximum Gasteiger partial charge on any atom is 0.233 e. The van der Waals surface area contributed by atoms with Gasteiger partial charge >= 0.3 is 0 Å². The summed E-state index contributed by atoms with van der Waals surface area (Å²) >= 11 is 0. The van der Waals surface area contributed by atoms with E-state index >= 15 is 0 Å². The van der Waals surface area contributed by atoms with Crippen molar-refractivity contribution < 1.29 is 9.90 Å². The molecule has 3 nitrogen and oxygen atoms in total. The van der Waals surface area contributed by atoms with Crippen molar-refractivity contribution in [1.29, 1.82) is 0 Å². The summed E-state index contributed by atoms with van der Waals surface area (Å²) in [5.41, 5.74) is 2.27. The van der Waals surface area contributed by atoms with E-state index in [9.17, 15) is 9.90 Å². The van der Waals surface area contributed by atoms with E-state index in [1.165, 1.54) is 5.56 Å². The molecule has 3 rings (SSSR count). The monoisotopic (exact) mass is 357 g/mol. The number of aliphatic hydroxyl groups excluding tert-OH is 1. The zero-order valence-corrected chi connectivity index (χ0v) is 17.1. The highest BCUT2D eigenvalue weighted by Gasteiger charge is 2.49. The molecule has 1 saturated heterocycles. The molecule has 1 aliphatic heterocycles. The van der Waals surface area contributed by atoms with E-state index in [1.54, 1.807) is 0 Å². The van der Waals surface area contributed by atoms with E-state index < -0.39 is 0 Å². The van der Waals surface area contributed by atoms with Crippen molar-refractivity contribution in [2.24, 2.45) is 17.3 Å². The van der Waals surface area contributed by atoms with E-state index in [2.05, 4.69) is 58.9 Å². The highest BCUT2D eigenvalue weighted by Crippen LogP contribution is 2.48. The standard InChI is InChI=1S/C23H35NO2/c1-16(2)20(25)17-10-12-23(13-11-17)14-15-24(21(23)26)19-8-6-18(7-9-19)22(3,4)5/h6-9,16-17,20,25H,10-15H2,1-5H3/t17-,20-,23-/m0/s1. The molecule has 0 bridgehead atoms. The molecule has 0 radical (unpaired) electrons. The fourth-order valence-electron chi connectivity index (χ4n) is 4.75. The molecule has 1 aromatic rings. The molecule has 3 heteroatoms. The lowest BCUT2D eigenvalue weighted by Crippen LogP contribution is -2.40. The van der Waals surface area contributed by atoms with Crippen LogP contribution in [0.25, 0.3) is 0 Å². The van der Waals surface area contributed by atoms with Crippen molar-refractivity contribution in [3.63, 3.8) is 0 Å². The smallest absolute Gasteiger partial charge is 0.233 e. The van der Waals surface area contributed by atoms with E-state index in [1.807, 2.05) is 4.90 Å². The second-order valence-electron chi connectivity index (χ2n) is 9.86. The van der Waals surface area contributed by atoms with Gasteiger partial charge in [-0.05, 0) is 67.1 Å².